The van der Waals surface area contributed by atoms with Gasteiger partial charge in [-0.2, -0.15) is 0 Å². The Morgan fingerprint density at radius 2 is 2.06 bits per heavy atom. The molecule has 2 aromatic rings. The number of thiophene rings is 1. The lowest BCUT2D eigenvalue weighted by Crippen LogP contribution is -2.10. The zero-order valence-electron chi connectivity index (χ0n) is 8.71. The zero-order chi connectivity index (χ0) is 11.7. The number of hydrogen-bond donors (Lipinski definition) is 1. The van der Waals surface area contributed by atoms with Crippen LogP contribution in [0.4, 0.5) is 4.39 Å². The third kappa shape index (κ3) is 2.34. The Hall–Kier alpha value is -0.710. The van der Waals surface area contributed by atoms with Gasteiger partial charge in [-0.15, -0.1) is 11.3 Å². The van der Waals surface area contributed by atoms with E-state index < -0.39 is 0 Å². The van der Waals surface area contributed by atoms with Gasteiger partial charge in [-0.3, -0.25) is 0 Å². The van der Waals surface area contributed by atoms with Crippen LogP contribution in [0.1, 0.15) is 21.4 Å². The largest absolute Gasteiger partial charge is 0.320 e. The highest BCUT2D eigenvalue weighted by molar-refractivity contribution is 9.10. The predicted molar refractivity (Wildman–Crippen MR) is 69.2 cm³/mol. The van der Waals surface area contributed by atoms with E-state index in [4.69, 9.17) is 5.73 Å². The lowest BCUT2D eigenvalue weighted by molar-refractivity contribution is 0.617. The summed E-state index contributed by atoms with van der Waals surface area (Å²) in [5.41, 5.74) is 6.87. The molecular weight excluding hydrogens is 289 g/mol. The van der Waals surface area contributed by atoms with E-state index in [2.05, 4.69) is 15.9 Å². The number of hydrogen-bond acceptors (Lipinski definition) is 2. The first-order valence-electron chi connectivity index (χ1n) is 4.85. The highest BCUT2D eigenvalue weighted by Crippen LogP contribution is 2.28. The van der Waals surface area contributed by atoms with E-state index >= 15 is 0 Å². The summed E-state index contributed by atoms with van der Waals surface area (Å²) < 4.78 is 13.8. The summed E-state index contributed by atoms with van der Waals surface area (Å²) in [6, 6.07) is 8.77. The van der Waals surface area contributed by atoms with Crippen LogP contribution in [0.25, 0.3) is 0 Å². The van der Waals surface area contributed by atoms with E-state index in [1.807, 2.05) is 25.1 Å². The molecule has 0 spiro atoms. The molecule has 16 heavy (non-hydrogen) atoms. The lowest BCUT2D eigenvalue weighted by atomic mass is 10.1. The third-order valence-corrected chi connectivity index (χ3v) is 4.10. The van der Waals surface area contributed by atoms with E-state index in [0.717, 1.165) is 10.4 Å². The minimum absolute atomic E-state index is 0.249. The average Bonchev–Trinajstić information content (AvgIpc) is 2.68. The summed E-state index contributed by atoms with van der Waals surface area (Å²) in [5, 5.41) is 0. The van der Waals surface area contributed by atoms with Crippen LogP contribution in [0.2, 0.25) is 0 Å². The van der Waals surface area contributed by atoms with Gasteiger partial charge < -0.3 is 5.73 Å². The molecule has 0 aliphatic carbocycles. The Morgan fingerprint density at radius 3 is 2.62 bits per heavy atom. The van der Waals surface area contributed by atoms with Crippen molar-refractivity contribution >= 4 is 27.3 Å². The second-order valence-corrected chi connectivity index (χ2v) is 5.77. The first kappa shape index (κ1) is 11.8. The summed E-state index contributed by atoms with van der Waals surface area (Å²) in [6.45, 7) is 2.03. The molecule has 0 aliphatic rings. The van der Waals surface area contributed by atoms with E-state index in [1.54, 1.807) is 17.4 Å². The van der Waals surface area contributed by atoms with Gasteiger partial charge in [0.15, 0.2) is 0 Å². The highest BCUT2D eigenvalue weighted by Gasteiger charge is 2.12. The van der Waals surface area contributed by atoms with Crippen molar-refractivity contribution in [2.24, 2.45) is 5.73 Å². The molecule has 0 amide bonds. The Balaban J connectivity index is 2.33. The maximum absolute atomic E-state index is 13.4. The van der Waals surface area contributed by atoms with Crippen molar-refractivity contribution < 1.29 is 4.39 Å². The van der Waals surface area contributed by atoms with Crippen molar-refractivity contribution in [3.63, 3.8) is 0 Å². The molecule has 0 radical (unpaired) electrons. The van der Waals surface area contributed by atoms with Gasteiger partial charge >= 0.3 is 0 Å². The van der Waals surface area contributed by atoms with Crippen LogP contribution in [-0.2, 0) is 0 Å². The van der Waals surface area contributed by atoms with Crippen molar-refractivity contribution in [1.82, 2.24) is 0 Å². The number of nitrogens with two attached hydrogens (primary N) is 1. The third-order valence-electron chi connectivity index (χ3n) is 2.37. The fourth-order valence-corrected chi connectivity index (χ4v) is 2.64. The summed E-state index contributed by atoms with van der Waals surface area (Å²) in [6.07, 6.45) is 0. The summed E-state index contributed by atoms with van der Waals surface area (Å²) in [4.78, 5) is 2.27. The molecule has 84 valence electrons. The average molecular weight is 300 g/mol. The Kier molecular flexibility index (Phi) is 3.42. The van der Waals surface area contributed by atoms with Gasteiger partial charge in [0.1, 0.15) is 5.82 Å². The quantitative estimate of drug-likeness (QED) is 0.891. The molecule has 1 heterocycles. The lowest BCUT2D eigenvalue weighted by Gasteiger charge is -2.10. The van der Waals surface area contributed by atoms with Crippen LogP contribution in [-0.4, -0.2) is 0 Å². The number of halogens is 2. The smallest absolute Gasteiger partial charge is 0.137 e. The fourth-order valence-electron chi connectivity index (χ4n) is 1.49. The summed E-state index contributed by atoms with van der Waals surface area (Å²) >= 11 is 4.77. The molecule has 2 N–H and O–H groups in total. The Bertz CT molecular complexity index is 509. The molecule has 0 aliphatic heterocycles. The normalized spacial score (nSPS) is 12.8. The van der Waals surface area contributed by atoms with Crippen molar-refractivity contribution in [1.29, 1.82) is 0 Å². The van der Waals surface area contributed by atoms with Gasteiger partial charge in [-0.05, 0) is 52.7 Å². The first-order valence-corrected chi connectivity index (χ1v) is 6.46. The molecular formula is C12H11BrFNS. The molecule has 4 heteroatoms. The molecule has 0 saturated carbocycles. The number of rotatable bonds is 2. The molecule has 0 fully saturated rings. The van der Waals surface area contributed by atoms with Crippen LogP contribution >= 0.6 is 27.3 Å². The van der Waals surface area contributed by atoms with Crippen LogP contribution in [0, 0.1) is 12.7 Å². The van der Waals surface area contributed by atoms with Crippen LogP contribution < -0.4 is 5.73 Å². The molecule has 0 saturated heterocycles. The number of aryl methyl sites for hydroxylation is 1. The molecule has 1 atom stereocenters. The minimum atomic E-state index is -0.277. The van der Waals surface area contributed by atoms with Crippen molar-refractivity contribution in [3.8, 4) is 0 Å². The summed E-state index contributed by atoms with van der Waals surface area (Å²) in [7, 11) is 0. The second kappa shape index (κ2) is 4.65. The SMILES string of the molecule is Cc1ccc(C(N)c2ccc(Br)c(F)c2)s1. The maximum atomic E-state index is 13.4. The Morgan fingerprint density at radius 1 is 1.31 bits per heavy atom. The van der Waals surface area contributed by atoms with E-state index in [1.165, 1.54) is 10.9 Å². The predicted octanol–water partition coefficient (Wildman–Crippen LogP) is 4.01. The topological polar surface area (TPSA) is 26.0 Å². The number of benzene rings is 1. The van der Waals surface area contributed by atoms with Crippen molar-refractivity contribution in [3.05, 3.63) is 55.9 Å². The van der Waals surface area contributed by atoms with Gasteiger partial charge in [-0.25, -0.2) is 4.39 Å². The van der Waals surface area contributed by atoms with Gasteiger partial charge in [0, 0.05) is 9.75 Å². The molecule has 1 unspecified atom stereocenters. The van der Waals surface area contributed by atoms with Gasteiger partial charge in [0.2, 0.25) is 0 Å². The molecule has 1 aromatic heterocycles. The molecule has 1 aromatic carbocycles. The zero-order valence-corrected chi connectivity index (χ0v) is 11.1. The molecule has 2 rings (SSSR count). The van der Waals surface area contributed by atoms with Crippen molar-refractivity contribution in [2.45, 2.75) is 13.0 Å². The molecule has 0 bridgehead atoms. The van der Waals surface area contributed by atoms with Crippen molar-refractivity contribution in [2.75, 3.05) is 0 Å². The summed E-state index contributed by atoms with van der Waals surface area (Å²) in [5.74, 6) is -0.277. The standard InChI is InChI=1S/C12H11BrFNS/c1-7-2-5-11(16-7)12(15)8-3-4-9(13)10(14)6-8/h2-6,12H,15H2,1H3. The second-order valence-electron chi connectivity index (χ2n) is 3.60. The highest BCUT2D eigenvalue weighted by atomic mass is 79.9. The molecule has 1 nitrogen and oxygen atoms in total. The van der Waals surface area contributed by atoms with Gasteiger partial charge in [0.25, 0.3) is 0 Å². The Labute approximate surface area is 106 Å². The van der Waals surface area contributed by atoms with Gasteiger partial charge in [0.05, 0.1) is 10.5 Å². The minimum Gasteiger partial charge on any atom is -0.320 e. The fraction of sp³-hybridized carbons (Fsp3) is 0.167. The van der Waals surface area contributed by atoms with Gasteiger partial charge in [-0.1, -0.05) is 6.07 Å². The monoisotopic (exact) mass is 299 g/mol. The van der Waals surface area contributed by atoms with Crippen LogP contribution in [0.15, 0.2) is 34.8 Å². The van der Waals surface area contributed by atoms with Crippen LogP contribution in [0.3, 0.4) is 0 Å². The van der Waals surface area contributed by atoms with E-state index in [0.29, 0.717) is 4.47 Å². The van der Waals surface area contributed by atoms with E-state index in [-0.39, 0.29) is 11.9 Å². The maximum Gasteiger partial charge on any atom is 0.137 e. The van der Waals surface area contributed by atoms with Crippen LogP contribution in [0.5, 0.6) is 0 Å². The van der Waals surface area contributed by atoms with E-state index in [9.17, 15) is 4.39 Å². The first-order chi connectivity index (χ1) is 7.58.